The largest absolute Gasteiger partial charge is 0.430 e. The van der Waals surface area contributed by atoms with Crippen LogP contribution in [0.25, 0.3) is 0 Å². The Morgan fingerprint density at radius 1 is 1.37 bits per heavy atom. The van der Waals surface area contributed by atoms with Crippen molar-refractivity contribution in [2.75, 3.05) is 0 Å². The first-order valence-electron chi connectivity index (χ1n) is 5.71. The lowest BCUT2D eigenvalue weighted by Gasteiger charge is -2.18. The van der Waals surface area contributed by atoms with Crippen molar-refractivity contribution in [2.24, 2.45) is 11.7 Å². The quantitative estimate of drug-likeness (QED) is 0.357. The number of non-ortho nitro benzene ring substituents is 1. The second-order valence-corrected chi connectivity index (χ2v) is 4.41. The lowest BCUT2D eigenvalue weighted by atomic mass is 10.1. The minimum absolute atomic E-state index is 0.110. The predicted molar refractivity (Wildman–Crippen MR) is 67.0 cm³/mol. The lowest BCUT2D eigenvalue weighted by molar-refractivity contribution is -0.384. The Morgan fingerprint density at radius 2 is 1.89 bits per heavy atom. The summed E-state index contributed by atoms with van der Waals surface area (Å²) in [6, 6.07) is 4.24. The number of carbonyl (C=O) groups excluding carboxylic acids is 1. The van der Waals surface area contributed by atoms with Gasteiger partial charge in [-0.25, -0.2) is 0 Å². The van der Waals surface area contributed by atoms with Gasteiger partial charge in [-0.3, -0.25) is 14.9 Å². The number of aliphatic hydroxyl groups excluding tert-OH is 1. The summed E-state index contributed by atoms with van der Waals surface area (Å²) in [7, 11) is 0. The Kier molecular flexibility index (Phi) is 4.96. The number of carbonyl (C=O) groups is 1. The highest BCUT2D eigenvalue weighted by Gasteiger charge is 2.22. The van der Waals surface area contributed by atoms with Gasteiger partial charge in [-0.05, 0) is 18.1 Å². The molecule has 1 aromatic rings. The zero-order valence-electron chi connectivity index (χ0n) is 10.6. The molecule has 1 aromatic carbocycles. The van der Waals surface area contributed by atoms with Gasteiger partial charge in [0.15, 0.2) is 0 Å². The van der Waals surface area contributed by atoms with E-state index in [9.17, 15) is 20.0 Å². The van der Waals surface area contributed by atoms with Crippen LogP contribution in [0, 0.1) is 16.0 Å². The molecule has 19 heavy (non-hydrogen) atoms. The predicted octanol–water partition coefficient (Wildman–Crippen LogP) is 1.11. The van der Waals surface area contributed by atoms with Gasteiger partial charge in [0, 0.05) is 17.7 Å². The fourth-order valence-corrected chi connectivity index (χ4v) is 1.29. The van der Waals surface area contributed by atoms with Gasteiger partial charge in [-0.15, -0.1) is 0 Å². The van der Waals surface area contributed by atoms with Crippen molar-refractivity contribution in [2.45, 2.75) is 26.2 Å². The first kappa shape index (κ1) is 15.1. The molecule has 0 amide bonds. The second kappa shape index (κ2) is 6.26. The molecule has 0 fully saturated rings. The van der Waals surface area contributed by atoms with E-state index in [4.69, 9.17) is 10.5 Å². The maximum absolute atomic E-state index is 11.5. The van der Waals surface area contributed by atoms with Crippen molar-refractivity contribution in [1.29, 1.82) is 0 Å². The number of ether oxygens (including phenoxy) is 1. The fourth-order valence-electron chi connectivity index (χ4n) is 1.29. The molecule has 0 aliphatic heterocycles. The number of hydrogen-bond donors (Lipinski definition) is 2. The van der Waals surface area contributed by atoms with Crippen LogP contribution in [0.5, 0.6) is 0 Å². The molecule has 3 N–H and O–H groups in total. The normalized spacial score (nSPS) is 13.9. The summed E-state index contributed by atoms with van der Waals surface area (Å²) in [5, 5.41) is 20.1. The smallest absolute Gasteiger partial charge is 0.325 e. The third-order valence-electron chi connectivity index (χ3n) is 2.61. The molecule has 104 valence electrons. The highest BCUT2D eigenvalue weighted by atomic mass is 16.6. The van der Waals surface area contributed by atoms with Gasteiger partial charge < -0.3 is 15.6 Å². The number of esters is 1. The van der Waals surface area contributed by atoms with Crippen LogP contribution < -0.4 is 5.73 Å². The number of nitro groups is 1. The van der Waals surface area contributed by atoms with Crippen LogP contribution in [0.4, 0.5) is 5.69 Å². The molecular weight excluding hydrogens is 252 g/mol. The minimum Gasteiger partial charge on any atom is -0.430 e. The van der Waals surface area contributed by atoms with Crippen molar-refractivity contribution in [3.63, 3.8) is 0 Å². The standard InChI is InChI=1S/C12H16N2O5/c1-7(2)10(13)12(16)19-11(15)8-3-5-9(6-4-8)14(17)18/h3-7,10-11,15H,13H2,1-2H3/t10-,11?/m0/s1. The summed E-state index contributed by atoms with van der Waals surface area (Å²) in [5.74, 6) is -0.836. The van der Waals surface area contributed by atoms with Gasteiger partial charge in [0.25, 0.3) is 5.69 Å². The van der Waals surface area contributed by atoms with Gasteiger partial charge in [-0.2, -0.15) is 0 Å². The SMILES string of the molecule is CC(C)[C@H](N)C(=O)OC(O)c1ccc([N+](=O)[O-])cc1. The van der Waals surface area contributed by atoms with E-state index >= 15 is 0 Å². The summed E-state index contributed by atoms with van der Waals surface area (Å²) in [6.45, 7) is 3.51. The zero-order chi connectivity index (χ0) is 14.6. The number of nitro benzene ring substituents is 1. The van der Waals surface area contributed by atoms with Gasteiger partial charge in [-0.1, -0.05) is 13.8 Å². The minimum atomic E-state index is -1.49. The monoisotopic (exact) mass is 268 g/mol. The number of benzene rings is 1. The number of nitrogens with zero attached hydrogens (tertiary/aromatic N) is 1. The molecule has 0 saturated carbocycles. The molecule has 0 heterocycles. The number of aliphatic hydroxyl groups is 1. The Morgan fingerprint density at radius 3 is 2.32 bits per heavy atom. The van der Waals surface area contributed by atoms with Crippen molar-refractivity contribution in [1.82, 2.24) is 0 Å². The fraction of sp³-hybridized carbons (Fsp3) is 0.417. The maximum Gasteiger partial charge on any atom is 0.325 e. The number of rotatable bonds is 5. The summed E-state index contributed by atoms with van der Waals surface area (Å²) >= 11 is 0. The average molecular weight is 268 g/mol. The molecular formula is C12H16N2O5. The molecule has 0 saturated heterocycles. The molecule has 0 spiro atoms. The van der Waals surface area contributed by atoms with E-state index in [-0.39, 0.29) is 17.2 Å². The van der Waals surface area contributed by atoms with Crippen LogP contribution in [-0.4, -0.2) is 22.0 Å². The molecule has 2 atom stereocenters. The topological polar surface area (TPSA) is 116 Å². The molecule has 0 radical (unpaired) electrons. The van der Waals surface area contributed by atoms with Crippen LogP contribution in [0.15, 0.2) is 24.3 Å². The Balaban J connectivity index is 2.70. The Labute approximate surface area is 110 Å². The van der Waals surface area contributed by atoms with Crippen molar-refractivity contribution < 1.29 is 19.6 Å². The lowest BCUT2D eigenvalue weighted by Crippen LogP contribution is -2.37. The summed E-state index contributed by atoms with van der Waals surface area (Å²) in [6.07, 6.45) is -1.49. The van der Waals surface area contributed by atoms with E-state index in [1.54, 1.807) is 13.8 Å². The van der Waals surface area contributed by atoms with Crippen LogP contribution >= 0.6 is 0 Å². The van der Waals surface area contributed by atoms with E-state index in [0.717, 1.165) is 0 Å². The van der Waals surface area contributed by atoms with Crippen LogP contribution in [0.3, 0.4) is 0 Å². The Bertz CT molecular complexity index is 458. The van der Waals surface area contributed by atoms with Crippen molar-refractivity contribution in [3.05, 3.63) is 39.9 Å². The highest BCUT2D eigenvalue weighted by molar-refractivity contribution is 5.75. The third kappa shape index (κ3) is 4.01. The first-order chi connectivity index (χ1) is 8.82. The van der Waals surface area contributed by atoms with E-state index < -0.39 is 23.2 Å². The van der Waals surface area contributed by atoms with Gasteiger partial charge in [0.05, 0.1) is 4.92 Å². The molecule has 1 rings (SSSR count). The third-order valence-corrected chi connectivity index (χ3v) is 2.61. The summed E-state index contributed by atoms with van der Waals surface area (Å²) in [5.41, 5.74) is 5.71. The van der Waals surface area contributed by atoms with Crippen LogP contribution in [0.1, 0.15) is 25.7 Å². The molecule has 0 bridgehead atoms. The maximum atomic E-state index is 11.5. The van der Waals surface area contributed by atoms with E-state index in [2.05, 4.69) is 0 Å². The number of nitrogens with two attached hydrogens (primary N) is 1. The van der Waals surface area contributed by atoms with Crippen LogP contribution in [0.2, 0.25) is 0 Å². The second-order valence-electron chi connectivity index (χ2n) is 4.41. The van der Waals surface area contributed by atoms with E-state index in [1.165, 1.54) is 24.3 Å². The molecule has 7 heteroatoms. The van der Waals surface area contributed by atoms with Crippen molar-refractivity contribution in [3.8, 4) is 0 Å². The summed E-state index contributed by atoms with van der Waals surface area (Å²) in [4.78, 5) is 21.4. The van der Waals surface area contributed by atoms with Gasteiger partial charge >= 0.3 is 5.97 Å². The Hall–Kier alpha value is -1.99. The van der Waals surface area contributed by atoms with E-state index in [0.29, 0.717) is 0 Å². The molecule has 1 unspecified atom stereocenters. The summed E-state index contributed by atoms with van der Waals surface area (Å²) < 4.78 is 4.78. The van der Waals surface area contributed by atoms with Crippen LogP contribution in [-0.2, 0) is 9.53 Å². The number of hydrogen-bond acceptors (Lipinski definition) is 6. The first-order valence-corrected chi connectivity index (χ1v) is 5.71. The van der Waals surface area contributed by atoms with E-state index in [1.807, 2.05) is 0 Å². The van der Waals surface area contributed by atoms with Gasteiger partial charge in [0.1, 0.15) is 6.04 Å². The zero-order valence-corrected chi connectivity index (χ0v) is 10.6. The molecule has 0 aliphatic carbocycles. The highest BCUT2D eigenvalue weighted by Crippen LogP contribution is 2.19. The van der Waals surface area contributed by atoms with Gasteiger partial charge in [0.2, 0.25) is 6.29 Å². The van der Waals surface area contributed by atoms with Crippen molar-refractivity contribution >= 4 is 11.7 Å². The molecule has 7 nitrogen and oxygen atoms in total. The average Bonchev–Trinajstić information content (AvgIpc) is 2.37. The molecule has 0 aliphatic rings. The molecule has 0 aromatic heterocycles.